The van der Waals surface area contributed by atoms with E-state index in [4.69, 9.17) is 28.5 Å². The van der Waals surface area contributed by atoms with Gasteiger partial charge in [-0.05, 0) is 47.7 Å². The van der Waals surface area contributed by atoms with Crippen LogP contribution in [0.15, 0.2) is 54.6 Å². The molecule has 0 aromatic heterocycles. The van der Waals surface area contributed by atoms with E-state index in [1.807, 2.05) is 12.1 Å². The van der Waals surface area contributed by atoms with E-state index in [0.717, 1.165) is 38.5 Å². The second kappa shape index (κ2) is 18.7. The number of benzene rings is 2. The summed E-state index contributed by atoms with van der Waals surface area (Å²) in [7, 11) is 0. The van der Waals surface area contributed by atoms with Gasteiger partial charge in [-0.3, -0.25) is 19.2 Å². The number of nitrogens with one attached hydrogen (secondary N) is 2. The molecule has 2 bridgehead atoms. The SMILES string of the molecule is CCCCCC1(CCCCC)OC2C3CC4(C(=O)NCc5cccc(C(=O)NCCO)c5)C(ON(Cc5ccccc5C=CC(=O)OC5C(=O)OCC5(C)C)C4C(=O)O3)C2O1. The first-order valence-corrected chi connectivity index (χ1v) is 21.7. The quantitative estimate of drug-likeness (QED) is 0.0767. The Balaban J connectivity index is 1.18. The van der Waals surface area contributed by atoms with Crippen LogP contribution in [0, 0.1) is 10.8 Å². The minimum atomic E-state index is -1.44. The van der Waals surface area contributed by atoms with Crippen LogP contribution in [-0.2, 0) is 60.8 Å². The monoisotopic (exact) mass is 845 g/mol. The van der Waals surface area contributed by atoms with Gasteiger partial charge in [0.2, 0.25) is 12.0 Å². The fraction of sp³-hybridized carbons (Fsp3) is 0.587. The van der Waals surface area contributed by atoms with Crippen LogP contribution in [0.3, 0.4) is 0 Å². The first kappa shape index (κ1) is 44.4. The van der Waals surface area contributed by atoms with Crippen molar-refractivity contribution < 1.29 is 57.6 Å². The van der Waals surface area contributed by atoms with Crippen molar-refractivity contribution in [2.24, 2.45) is 10.8 Å². The number of unbranched alkanes of at least 4 members (excludes halogenated alkanes) is 4. The molecule has 7 atom stereocenters. The minimum Gasteiger partial charge on any atom is -0.462 e. The number of fused-ring (bicyclic) bond motifs is 4. The fourth-order valence-corrected chi connectivity index (χ4v) is 9.39. The van der Waals surface area contributed by atoms with E-state index < -0.39 is 77.0 Å². The molecule has 61 heavy (non-hydrogen) atoms. The van der Waals surface area contributed by atoms with E-state index in [-0.39, 0.29) is 45.2 Å². The molecule has 15 heteroatoms. The zero-order valence-corrected chi connectivity index (χ0v) is 35.5. The van der Waals surface area contributed by atoms with Crippen molar-refractivity contribution in [3.05, 3.63) is 76.9 Å². The lowest BCUT2D eigenvalue weighted by molar-refractivity contribution is -0.224. The molecule has 3 N–H and O–H groups in total. The molecule has 4 saturated heterocycles. The lowest BCUT2D eigenvalue weighted by Gasteiger charge is -2.48. The number of hydrogen-bond donors (Lipinski definition) is 3. The number of nitrogens with zero attached hydrogens (tertiary/aromatic N) is 1. The van der Waals surface area contributed by atoms with Crippen molar-refractivity contribution in [3.8, 4) is 0 Å². The maximum atomic E-state index is 15.0. The average molecular weight is 846 g/mol. The van der Waals surface area contributed by atoms with Gasteiger partial charge >= 0.3 is 17.9 Å². The van der Waals surface area contributed by atoms with Crippen molar-refractivity contribution in [2.45, 2.75) is 141 Å². The standard InChI is InChI=1S/C46H59N3O12/c1-5-7-11-20-45(21-12-8-6-2)59-35-33-25-46(43(55)48-26-29-14-13-17-31(24-29)40(52)47-22-23-50)37(41(53)57-33)49(61-38(46)36(35)60-45)27-32-16-10-9-15-30(32)18-19-34(51)58-39-42(54)56-28-44(39,3)4/h9-10,13-19,24,33,35-39,50H,5-8,11-12,20-23,25-28H2,1-4H3,(H,47,52)(H,48,55). The highest BCUT2D eigenvalue weighted by Gasteiger charge is 2.76. The van der Waals surface area contributed by atoms with Crippen LogP contribution in [0.1, 0.15) is 113 Å². The van der Waals surface area contributed by atoms with Crippen molar-refractivity contribution in [3.63, 3.8) is 0 Å². The number of hydroxylamine groups is 2. The Morgan fingerprint density at radius 1 is 0.934 bits per heavy atom. The second-order valence-corrected chi connectivity index (χ2v) is 17.5. The lowest BCUT2D eigenvalue weighted by atomic mass is 9.62. The van der Waals surface area contributed by atoms with Gasteiger partial charge in [-0.15, -0.1) is 0 Å². The molecule has 4 heterocycles. The van der Waals surface area contributed by atoms with E-state index in [9.17, 15) is 29.1 Å². The van der Waals surface area contributed by atoms with E-state index in [0.29, 0.717) is 35.1 Å². The summed E-state index contributed by atoms with van der Waals surface area (Å²) in [6.07, 6.45) is 5.96. The highest BCUT2D eigenvalue weighted by Crippen LogP contribution is 2.58. The van der Waals surface area contributed by atoms with Gasteiger partial charge in [0.05, 0.1) is 13.2 Å². The molecule has 5 fully saturated rings. The van der Waals surface area contributed by atoms with Crippen LogP contribution in [0.5, 0.6) is 0 Å². The Morgan fingerprint density at radius 2 is 1.67 bits per heavy atom. The summed E-state index contributed by atoms with van der Waals surface area (Å²) < 4.78 is 30.7. The summed E-state index contributed by atoms with van der Waals surface area (Å²) in [5.74, 6) is -3.62. The molecule has 15 nitrogen and oxygen atoms in total. The molecule has 5 aliphatic rings. The molecule has 1 saturated carbocycles. The summed E-state index contributed by atoms with van der Waals surface area (Å²) >= 11 is 0. The number of carbonyl (C=O) groups is 5. The van der Waals surface area contributed by atoms with Gasteiger partial charge < -0.3 is 39.4 Å². The highest BCUT2D eigenvalue weighted by molar-refractivity contribution is 5.95. The molecular weight excluding hydrogens is 787 g/mol. The first-order valence-electron chi connectivity index (χ1n) is 21.7. The number of cyclic esters (lactones) is 1. The number of aliphatic hydroxyl groups excluding tert-OH is 1. The Bertz CT molecular complexity index is 1980. The smallest absolute Gasteiger partial charge is 0.348 e. The number of aliphatic hydroxyl groups is 1. The summed E-state index contributed by atoms with van der Waals surface area (Å²) in [5.41, 5.74) is 0.228. The third kappa shape index (κ3) is 9.12. The van der Waals surface area contributed by atoms with Crippen molar-refractivity contribution in [1.29, 1.82) is 0 Å². The van der Waals surface area contributed by atoms with Gasteiger partial charge in [0.25, 0.3) is 5.91 Å². The van der Waals surface area contributed by atoms with Crippen LogP contribution in [0.4, 0.5) is 0 Å². The van der Waals surface area contributed by atoms with Crippen LogP contribution in [0.25, 0.3) is 6.08 Å². The van der Waals surface area contributed by atoms with E-state index in [1.54, 1.807) is 56.3 Å². The fourth-order valence-electron chi connectivity index (χ4n) is 9.39. The molecule has 2 amide bonds. The topological polar surface area (TPSA) is 188 Å². The summed E-state index contributed by atoms with van der Waals surface area (Å²) in [5, 5.41) is 16.4. The van der Waals surface area contributed by atoms with Gasteiger partial charge in [-0.25, -0.2) is 9.59 Å². The Hall–Kier alpha value is -4.67. The number of carbonyl (C=O) groups excluding carboxylic acids is 5. The second-order valence-electron chi connectivity index (χ2n) is 17.5. The van der Waals surface area contributed by atoms with E-state index in [1.165, 1.54) is 11.1 Å². The molecule has 7 rings (SSSR count). The van der Waals surface area contributed by atoms with Gasteiger partial charge in [0.15, 0.2) is 11.8 Å². The Kier molecular flexibility index (Phi) is 13.6. The average Bonchev–Trinajstić information content (AvgIpc) is 3.89. The minimum absolute atomic E-state index is 0.0366. The maximum Gasteiger partial charge on any atom is 0.348 e. The van der Waals surface area contributed by atoms with E-state index >= 15 is 0 Å². The van der Waals surface area contributed by atoms with Crippen molar-refractivity contribution >= 4 is 35.8 Å². The lowest BCUT2D eigenvalue weighted by Crippen LogP contribution is -2.69. The maximum absolute atomic E-state index is 15.0. The van der Waals surface area contributed by atoms with Gasteiger partial charge in [-0.1, -0.05) is 89.8 Å². The third-order valence-corrected chi connectivity index (χ3v) is 12.6. The van der Waals surface area contributed by atoms with E-state index in [2.05, 4.69) is 24.5 Å². The molecule has 4 aliphatic heterocycles. The molecule has 2 aromatic rings. The number of rotatable bonds is 19. The molecule has 330 valence electrons. The zero-order valence-electron chi connectivity index (χ0n) is 35.5. The predicted molar refractivity (Wildman–Crippen MR) is 220 cm³/mol. The van der Waals surface area contributed by atoms with Gasteiger partial charge in [-0.2, -0.15) is 5.06 Å². The van der Waals surface area contributed by atoms with Crippen molar-refractivity contribution in [1.82, 2.24) is 15.7 Å². The summed E-state index contributed by atoms with van der Waals surface area (Å²) in [6.45, 7) is 8.01. The molecule has 7 unspecified atom stereocenters. The largest absolute Gasteiger partial charge is 0.462 e. The molecule has 1 aliphatic carbocycles. The molecule has 0 spiro atoms. The number of hydrogen-bond acceptors (Lipinski definition) is 13. The Labute approximate surface area is 356 Å². The normalized spacial score (nSPS) is 28.3. The highest BCUT2D eigenvalue weighted by atomic mass is 16.8. The predicted octanol–water partition coefficient (Wildman–Crippen LogP) is 4.67. The molecule has 2 aromatic carbocycles. The van der Waals surface area contributed by atoms with Gasteiger partial charge in [0.1, 0.15) is 36.4 Å². The van der Waals surface area contributed by atoms with Gasteiger partial charge in [0, 0.05) is 49.4 Å². The van der Waals surface area contributed by atoms with Crippen molar-refractivity contribution in [2.75, 3.05) is 19.8 Å². The van der Waals surface area contributed by atoms with Crippen LogP contribution >= 0.6 is 0 Å². The van der Waals surface area contributed by atoms with Crippen LogP contribution in [-0.4, -0.2) is 102 Å². The number of esters is 3. The Morgan fingerprint density at radius 3 is 2.38 bits per heavy atom. The number of amides is 2. The van der Waals surface area contributed by atoms with Crippen LogP contribution < -0.4 is 10.6 Å². The zero-order chi connectivity index (χ0) is 43.4. The molecule has 0 radical (unpaired) electrons. The molecular formula is C46H59N3O12. The number of ether oxygens (including phenoxy) is 5. The van der Waals surface area contributed by atoms with Crippen LogP contribution in [0.2, 0.25) is 0 Å². The third-order valence-electron chi connectivity index (χ3n) is 12.6. The first-order chi connectivity index (χ1) is 29.3. The summed E-state index contributed by atoms with van der Waals surface area (Å²) in [4.78, 5) is 74.1. The summed E-state index contributed by atoms with van der Waals surface area (Å²) in [6, 6.07) is 12.9.